The molecule has 0 atom stereocenters. The standard InChI is InChI=1S/C26H19Cl2N3O6S2/c27-18-6-11-21(12-7-18)38(34,35)30-24-15-8-19(28)16-23(24)26(33)29-20-9-13-22(14-10-20)39(36,37)31-25(32)17-4-2-1-3-5-17/h1-16,30H,(H,29,33)(H,31,32). The Morgan fingerprint density at radius 3 is 1.82 bits per heavy atom. The number of rotatable bonds is 8. The third-order valence-electron chi connectivity index (χ3n) is 5.28. The van der Waals surface area contributed by atoms with Crippen LogP contribution in [0.2, 0.25) is 10.0 Å². The van der Waals surface area contributed by atoms with Crippen molar-refractivity contribution in [3.63, 3.8) is 0 Å². The van der Waals surface area contributed by atoms with Gasteiger partial charge in [0, 0.05) is 21.3 Å². The molecule has 0 aliphatic heterocycles. The summed E-state index contributed by atoms with van der Waals surface area (Å²) in [4.78, 5) is 25.0. The Morgan fingerprint density at radius 1 is 0.615 bits per heavy atom. The molecule has 0 saturated carbocycles. The van der Waals surface area contributed by atoms with E-state index in [0.29, 0.717) is 5.02 Å². The average Bonchev–Trinajstić information content (AvgIpc) is 2.90. The smallest absolute Gasteiger partial charge is 0.264 e. The minimum Gasteiger partial charge on any atom is -0.322 e. The zero-order valence-corrected chi connectivity index (χ0v) is 22.9. The first kappa shape index (κ1) is 28.1. The van der Waals surface area contributed by atoms with Gasteiger partial charge in [-0.05, 0) is 78.9 Å². The molecule has 0 aromatic heterocycles. The van der Waals surface area contributed by atoms with E-state index in [2.05, 4.69) is 10.0 Å². The van der Waals surface area contributed by atoms with E-state index >= 15 is 0 Å². The van der Waals surface area contributed by atoms with Crippen LogP contribution in [0.4, 0.5) is 11.4 Å². The summed E-state index contributed by atoms with van der Waals surface area (Å²) in [6, 6.07) is 22.4. The SMILES string of the molecule is O=C(NS(=O)(=O)c1ccc(NC(=O)c2cc(Cl)ccc2NS(=O)(=O)c2ccc(Cl)cc2)cc1)c1ccccc1. The van der Waals surface area contributed by atoms with Gasteiger partial charge in [-0.25, -0.2) is 21.6 Å². The van der Waals surface area contributed by atoms with Gasteiger partial charge in [-0.1, -0.05) is 41.4 Å². The van der Waals surface area contributed by atoms with Crippen molar-refractivity contribution in [3.8, 4) is 0 Å². The number of sulfonamides is 2. The summed E-state index contributed by atoms with van der Waals surface area (Å²) in [5.41, 5.74) is 0.273. The summed E-state index contributed by atoms with van der Waals surface area (Å²) in [6.45, 7) is 0. The zero-order chi connectivity index (χ0) is 28.2. The second-order valence-electron chi connectivity index (χ2n) is 8.03. The van der Waals surface area contributed by atoms with Crippen molar-refractivity contribution in [2.75, 3.05) is 10.0 Å². The summed E-state index contributed by atoms with van der Waals surface area (Å²) in [5, 5.41) is 3.12. The summed E-state index contributed by atoms with van der Waals surface area (Å²) in [5.74, 6) is -1.50. The molecule has 4 aromatic rings. The van der Waals surface area contributed by atoms with Gasteiger partial charge in [0.05, 0.1) is 21.0 Å². The fourth-order valence-electron chi connectivity index (χ4n) is 3.36. The summed E-state index contributed by atoms with van der Waals surface area (Å²) >= 11 is 11.9. The van der Waals surface area contributed by atoms with Crippen molar-refractivity contribution in [2.45, 2.75) is 9.79 Å². The van der Waals surface area contributed by atoms with Gasteiger partial charge < -0.3 is 5.32 Å². The molecule has 0 radical (unpaired) electrons. The second kappa shape index (κ2) is 11.5. The number of nitrogens with one attached hydrogen (secondary N) is 3. The lowest BCUT2D eigenvalue weighted by Crippen LogP contribution is -2.30. The third kappa shape index (κ3) is 6.95. The van der Waals surface area contributed by atoms with Gasteiger partial charge in [-0.3, -0.25) is 14.3 Å². The van der Waals surface area contributed by atoms with Crippen LogP contribution >= 0.6 is 23.2 Å². The molecule has 3 N–H and O–H groups in total. The van der Waals surface area contributed by atoms with Gasteiger partial charge in [0.25, 0.3) is 31.9 Å². The average molecular weight is 604 g/mol. The molecule has 4 rings (SSSR count). The van der Waals surface area contributed by atoms with Crippen molar-refractivity contribution < 1.29 is 26.4 Å². The Labute approximate surface area is 234 Å². The molecule has 0 fully saturated rings. The number of benzene rings is 4. The third-order valence-corrected chi connectivity index (χ3v) is 8.50. The number of amides is 2. The largest absolute Gasteiger partial charge is 0.322 e. The van der Waals surface area contributed by atoms with Crippen LogP contribution in [-0.2, 0) is 20.0 Å². The molecule has 0 bridgehead atoms. The Morgan fingerprint density at radius 2 is 1.18 bits per heavy atom. The maximum atomic E-state index is 13.0. The van der Waals surface area contributed by atoms with E-state index in [-0.39, 0.29) is 37.3 Å². The van der Waals surface area contributed by atoms with Crippen LogP contribution in [0.3, 0.4) is 0 Å². The topological polar surface area (TPSA) is 139 Å². The van der Waals surface area contributed by atoms with E-state index in [1.807, 2.05) is 4.72 Å². The molecule has 39 heavy (non-hydrogen) atoms. The lowest BCUT2D eigenvalue weighted by molar-refractivity contribution is 0.0979. The number of hydrogen-bond donors (Lipinski definition) is 3. The molecule has 13 heteroatoms. The van der Waals surface area contributed by atoms with E-state index in [1.165, 1.54) is 78.9 Å². The van der Waals surface area contributed by atoms with Gasteiger partial charge in [-0.2, -0.15) is 0 Å². The molecule has 4 aromatic carbocycles. The summed E-state index contributed by atoms with van der Waals surface area (Å²) < 4.78 is 55.2. The first-order valence-corrected chi connectivity index (χ1v) is 14.8. The van der Waals surface area contributed by atoms with Crippen LogP contribution in [0, 0.1) is 0 Å². The van der Waals surface area contributed by atoms with E-state index in [1.54, 1.807) is 18.2 Å². The molecular weight excluding hydrogens is 585 g/mol. The summed E-state index contributed by atoms with van der Waals surface area (Å²) in [7, 11) is -8.24. The van der Waals surface area contributed by atoms with Gasteiger partial charge in [0.2, 0.25) is 0 Å². The number of anilines is 2. The molecule has 0 unspecified atom stereocenters. The van der Waals surface area contributed by atoms with Crippen LogP contribution in [-0.4, -0.2) is 28.6 Å². The van der Waals surface area contributed by atoms with Crippen molar-refractivity contribution in [1.82, 2.24) is 4.72 Å². The highest BCUT2D eigenvalue weighted by Gasteiger charge is 2.21. The number of halogens is 2. The van der Waals surface area contributed by atoms with E-state index in [0.717, 1.165) is 0 Å². The molecular formula is C26H19Cl2N3O6S2. The van der Waals surface area contributed by atoms with Gasteiger partial charge in [-0.15, -0.1) is 0 Å². The van der Waals surface area contributed by atoms with Crippen LogP contribution in [0.15, 0.2) is 107 Å². The van der Waals surface area contributed by atoms with Gasteiger partial charge in [0.15, 0.2) is 0 Å². The number of hydrogen-bond acceptors (Lipinski definition) is 6. The zero-order valence-electron chi connectivity index (χ0n) is 19.8. The Hall–Kier alpha value is -3.90. The summed E-state index contributed by atoms with van der Waals surface area (Å²) in [6.07, 6.45) is 0. The second-order valence-corrected chi connectivity index (χ2v) is 12.3. The Kier molecular flexibility index (Phi) is 8.26. The van der Waals surface area contributed by atoms with Gasteiger partial charge >= 0.3 is 0 Å². The minimum absolute atomic E-state index is 0.0327. The maximum absolute atomic E-state index is 13.0. The lowest BCUT2D eigenvalue weighted by atomic mass is 10.1. The van der Waals surface area contributed by atoms with E-state index in [4.69, 9.17) is 23.2 Å². The quantitative estimate of drug-likeness (QED) is 0.254. The fourth-order valence-corrected chi connectivity index (χ4v) is 5.71. The maximum Gasteiger partial charge on any atom is 0.264 e. The predicted octanol–water partition coefficient (Wildman–Crippen LogP) is 5.17. The lowest BCUT2D eigenvalue weighted by Gasteiger charge is -2.14. The van der Waals surface area contributed by atoms with Crippen LogP contribution in [0.25, 0.3) is 0 Å². The first-order chi connectivity index (χ1) is 18.4. The highest BCUT2D eigenvalue weighted by Crippen LogP contribution is 2.26. The molecule has 9 nitrogen and oxygen atoms in total. The molecule has 0 heterocycles. The highest BCUT2D eigenvalue weighted by molar-refractivity contribution is 7.92. The fraction of sp³-hybridized carbons (Fsp3) is 0. The van der Waals surface area contributed by atoms with Crippen molar-refractivity contribution >= 4 is 66.4 Å². The first-order valence-electron chi connectivity index (χ1n) is 11.1. The van der Waals surface area contributed by atoms with Crippen molar-refractivity contribution in [1.29, 1.82) is 0 Å². The minimum atomic E-state index is -4.18. The van der Waals surface area contributed by atoms with Gasteiger partial charge in [0.1, 0.15) is 0 Å². The van der Waals surface area contributed by atoms with E-state index < -0.39 is 31.9 Å². The Balaban J connectivity index is 1.51. The molecule has 0 aliphatic carbocycles. The number of carbonyl (C=O) groups is 2. The molecule has 200 valence electrons. The van der Waals surface area contributed by atoms with Crippen LogP contribution in [0.5, 0.6) is 0 Å². The molecule has 2 amide bonds. The van der Waals surface area contributed by atoms with Crippen LogP contribution < -0.4 is 14.8 Å². The van der Waals surface area contributed by atoms with Crippen molar-refractivity contribution in [3.05, 3.63) is 118 Å². The van der Waals surface area contributed by atoms with Crippen LogP contribution in [0.1, 0.15) is 20.7 Å². The molecule has 0 aliphatic rings. The highest BCUT2D eigenvalue weighted by atomic mass is 35.5. The monoisotopic (exact) mass is 603 g/mol. The van der Waals surface area contributed by atoms with E-state index in [9.17, 15) is 26.4 Å². The molecule has 0 spiro atoms. The predicted molar refractivity (Wildman–Crippen MR) is 149 cm³/mol. The molecule has 0 saturated heterocycles. The van der Waals surface area contributed by atoms with Crippen molar-refractivity contribution in [2.24, 2.45) is 0 Å². The Bertz CT molecular complexity index is 1750. The normalized spacial score (nSPS) is 11.4. The number of carbonyl (C=O) groups excluding carboxylic acids is 2.